The monoisotopic (exact) mass is 572 g/mol. The summed E-state index contributed by atoms with van der Waals surface area (Å²) in [4.78, 5) is 22.7. The number of aromatic nitrogens is 2. The first-order valence-corrected chi connectivity index (χ1v) is 14.1. The van der Waals surface area contributed by atoms with E-state index in [0.717, 1.165) is 23.7 Å². The standard InChI is InChI=1S/C33H34F2N4O3/c1-5-20(3)23-11-10-21(24-8-7-9-26(34)32(24)35)16-28(23)38-33-25-17-30(29(41-4)18-27(25)36-19-37-33)42-22-12-14-39(15-13-22)31(40)6-2/h6-11,16-20,22H,2,5,12-15H2,1,3-4H3,(H,36,37,38). The summed E-state index contributed by atoms with van der Waals surface area (Å²) < 4.78 is 40.8. The molecular formula is C33H34F2N4O3. The molecule has 1 aromatic heterocycles. The number of benzene rings is 3. The molecule has 0 radical (unpaired) electrons. The highest BCUT2D eigenvalue weighted by atomic mass is 19.2. The lowest BCUT2D eigenvalue weighted by Gasteiger charge is -2.31. The van der Waals surface area contributed by atoms with Gasteiger partial charge in [-0.1, -0.05) is 44.7 Å². The predicted octanol–water partition coefficient (Wildman–Crippen LogP) is 7.40. The van der Waals surface area contributed by atoms with Gasteiger partial charge in [0.05, 0.1) is 12.6 Å². The number of carbonyl (C=O) groups is 1. The first-order valence-electron chi connectivity index (χ1n) is 14.1. The molecule has 4 aromatic rings. The van der Waals surface area contributed by atoms with E-state index in [4.69, 9.17) is 9.47 Å². The van der Waals surface area contributed by atoms with Crippen LogP contribution >= 0.6 is 0 Å². The molecule has 9 heteroatoms. The summed E-state index contributed by atoms with van der Waals surface area (Å²) >= 11 is 0. The number of carbonyl (C=O) groups excluding carboxylic acids is 1. The van der Waals surface area contributed by atoms with Gasteiger partial charge in [0.1, 0.15) is 18.2 Å². The van der Waals surface area contributed by atoms with Gasteiger partial charge in [0, 0.05) is 48.6 Å². The first-order chi connectivity index (χ1) is 20.3. The van der Waals surface area contributed by atoms with Gasteiger partial charge >= 0.3 is 0 Å². The number of fused-ring (bicyclic) bond motifs is 1. The molecule has 0 bridgehead atoms. The molecule has 0 aliphatic carbocycles. The van der Waals surface area contributed by atoms with E-state index >= 15 is 0 Å². The van der Waals surface area contributed by atoms with E-state index in [1.54, 1.807) is 18.1 Å². The fourth-order valence-corrected chi connectivity index (χ4v) is 5.25. The van der Waals surface area contributed by atoms with Crippen LogP contribution in [0.3, 0.4) is 0 Å². The highest BCUT2D eigenvalue weighted by Crippen LogP contribution is 2.39. The molecule has 1 aliphatic heterocycles. The average Bonchev–Trinajstić information content (AvgIpc) is 3.02. The summed E-state index contributed by atoms with van der Waals surface area (Å²) in [6.07, 6.45) is 4.95. The van der Waals surface area contributed by atoms with Crippen LogP contribution in [0.15, 0.2) is 67.5 Å². The van der Waals surface area contributed by atoms with E-state index in [0.29, 0.717) is 59.7 Å². The molecule has 218 valence electrons. The molecule has 1 unspecified atom stereocenters. The Bertz CT molecular complexity index is 1620. The number of halogens is 2. The van der Waals surface area contributed by atoms with Crippen molar-refractivity contribution >= 4 is 28.3 Å². The van der Waals surface area contributed by atoms with E-state index in [9.17, 15) is 13.6 Å². The number of nitrogens with zero attached hydrogens (tertiary/aromatic N) is 3. The van der Waals surface area contributed by atoms with E-state index in [1.165, 1.54) is 18.5 Å². The lowest BCUT2D eigenvalue weighted by Crippen LogP contribution is -2.41. The summed E-state index contributed by atoms with van der Waals surface area (Å²) in [5.74, 6) is -0.0273. The Hall–Kier alpha value is -4.53. The van der Waals surface area contributed by atoms with Crippen molar-refractivity contribution in [3.8, 4) is 22.6 Å². The number of nitrogens with one attached hydrogen (secondary N) is 1. The third kappa shape index (κ3) is 5.91. The lowest BCUT2D eigenvalue weighted by atomic mass is 9.93. The molecule has 0 spiro atoms. The zero-order valence-corrected chi connectivity index (χ0v) is 24.0. The number of hydrogen-bond donors (Lipinski definition) is 1. The van der Waals surface area contributed by atoms with Crippen LogP contribution < -0.4 is 14.8 Å². The van der Waals surface area contributed by atoms with Crippen molar-refractivity contribution in [2.24, 2.45) is 0 Å². The zero-order valence-electron chi connectivity index (χ0n) is 24.0. The van der Waals surface area contributed by atoms with Crippen molar-refractivity contribution in [2.75, 3.05) is 25.5 Å². The third-order valence-corrected chi connectivity index (χ3v) is 7.85. The quantitative estimate of drug-likeness (QED) is 0.211. The maximum absolute atomic E-state index is 14.7. The molecule has 1 saturated heterocycles. The number of ether oxygens (including phenoxy) is 2. The predicted molar refractivity (Wildman–Crippen MR) is 160 cm³/mol. The summed E-state index contributed by atoms with van der Waals surface area (Å²) in [7, 11) is 1.58. The van der Waals surface area contributed by atoms with E-state index in [1.807, 2.05) is 30.3 Å². The van der Waals surface area contributed by atoms with Gasteiger partial charge in [-0.05, 0) is 47.7 Å². The first kappa shape index (κ1) is 29.0. The van der Waals surface area contributed by atoms with Gasteiger partial charge < -0.3 is 19.7 Å². The van der Waals surface area contributed by atoms with Crippen molar-refractivity contribution in [3.63, 3.8) is 0 Å². The summed E-state index contributed by atoms with van der Waals surface area (Å²) in [5.41, 5.74) is 3.15. The summed E-state index contributed by atoms with van der Waals surface area (Å²) in [6.45, 7) is 8.96. The van der Waals surface area contributed by atoms with Gasteiger partial charge in [-0.25, -0.2) is 18.7 Å². The van der Waals surface area contributed by atoms with Crippen LogP contribution in [-0.4, -0.2) is 47.1 Å². The van der Waals surface area contributed by atoms with Crippen molar-refractivity contribution in [2.45, 2.75) is 45.1 Å². The van der Waals surface area contributed by atoms with Gasteiger partial charge in [-0.3, -0.25) is 4.79 Å². The Morgan fingerprint density at radius 2 is 1.93 bits per heavy atom. The molecule has 5 rings (SSSR count). The highest BCUT2D eigenvalue weighted by molar-refractivity contribution is 5.93. The third-order valence-electron chi connectivity index (χ3n) is 7.85. The van der Waals surface area contributed by atoms with Crippen molar-refractivity contribution in [1.29, 1.82) is 0 Å². The van der Waals surface area contributed by atoms with Crippen LogP contribution in [0.25, 0.3) is 22.0 Å². The Labute approximate surface area is 244 Å². The van der Waals surface area contributed by atoms with E-state index in [2.05, 4.69) is 35.7 Å². The second-order valence-corrected chi connectivity index (χ2v) is 10.4. The summed E-state index contributed by atoms with van der Waals surface area (Å²) in [5, 5.41) is 4.16. The Balaban J connectivity index is 1.51. The Morgan fingerprint density at radius 1 is 1.14 bits per heavy atom. The Kier molecular flexibility index (Phi) is 8.66. The van der Waals surface area contributed by atoms with Crippen LogP contribution in [-0.2, 0) is 4.79 Å². The largest absolute Gasteiger partial charge is 0.493 e. The molecular weight excluding hydrogens is 538 g/mol. The van der Waals surface area contributed by atoms with Gasteiger partial charge in [-0.2, -0.15) is 0 Å². The minimum atomic E-state index is -0.894. The topological polar surface area (TPSA) is 76.6 Å². The number of hydrogen-bond acceptors (Lipinski definition) is 6. The number of likely N-dealkylation sites (tertiary alicyclic amines) is 1. The molecule has 7 nitrogen and oxygen atoms in total. The van der Waals surface area contributed by atoms with Gasteiger partial charge in [0.2, 0.25) is 5.91 Å². The maximum Gasteiger partial charge on any atom is 0.245 e. The number of piperidine rings is 1. The van der Waals surface area contributed by atoms with E-state index in [-0.39, 0.29) is 23.5 Å². The smallest absolute Gasteiger partial charge is 0.245 e. The fourth-order valence-electron chi connectivity index (χ4n) is 5.25. The van der Waals surface area contributed by atoms with Gasteiger partial charge in [-0.15, -0.1) is 0 Å². The van der Waals surface area contributed by atoms with Gasteiger partial charge in [0.15, 0.2) is 23.1 Å². The van der Waals surface area contributed by atoms with Crippen molar-refractivity contribution < 1.29 is 23.0 Å². The van der Waals surface area contributed by atoms with Crippen LogP contribution in [0.4, 0.5) is 20.3 Å². The molecule has 1 fully saturated rings. The number of rotatable bonds is 9. The highest BCUT2D eigenvalue weighted by Gasteiger charge is 2.24. The molecule has 0 saturated carbocycles. The lowest BCUT2D eigenvalue weighted by molar-refractivity contribution is -0.127. The molecule has 2 heterocycles. The molecule has 1 aliphatic rings. The molecule has 1 N–H and O–H groups in total. The zero-order chi connectivity index (χ0) is 29.8. The van der Waals surface area contributed by atoms with Gasteiger partial charge in [0.25, 0.3) is 0 Å². The number of amides is 1. The number of anilines is 2. The SMILES string of the molecule is C=CC(=O)N1CCC(Oc2cc3c(Nc4cc(-c5cccc(F)c5F)ccc4C(C)CC)ncnc3cc2OC)CC1. The van der Waals surface area contributed by atoms with E-state index < -0.39 is 11.6 Å². The minimum absolute atomic E-state index is 0.0782. The summed E-state index contributed by atoms with van der Waals surface area (Å²) in [6, 6.07) is 13.4. The normalized spacial score (nSPS) is 14.5. The van der Waals surface area contributed by atoms with Crippen molar-refractivity contribution in [1.82, 2.24) is 14.9 Å². The maximum atomic E-state index is 14.7. The van der Waals surface area contributed by atoms with Crippen molar-refractivity contribution in [3.05, 3.63) is 84.7 Å². The minimum Gasteiger partial charge on any atom is -0.493 e. The second kappa shape index (κ2) is 12.5. The Morgan fingerprint density at radius 3 is 2.64 bits per heavy atom. The second-order valence-electron chi connectivity index (χ2n) is 10.4. The molecule has 3 aromatic carbocycles. The fraction of sp³-hybridized carbons (Fsp3) is 0.303. The average molecular weight is 573 g/mol. The van der Waals surface area contributed by atoms with Crippen LogP contribution in [0.5, 0.6) is 11.5 Å². The molecule has 1 amide bonds. The van der Waals surface area contributed by atoms with Crippen LogP contribution in [0.2, 0.25) is 0 Å². The number of methoxy groups -OCH3 is 1. The molecule has 42 heavy (non-hydrogen) atoms. The molecule has 1 atom stereocenters. The van der Waals surface area contributed by atoms with Crippen LogP contribution in [0.1, 0.15) is 44.6 Å². The van der Waals surface area contributed by atoms with Crippen LogP contribution in [0, 0.1) is 11.6 Å².